The van der Waals surface area contributed by atoms with Gasteiger partial charge < -0.3 is 10.1 Å². The van der Waals surface area contributed by atoms with Gasteiger partial charge in [-0.15, -0.1) is 0 Å². The van der Waals surface area contributed by atoms with Crippen LogP contribution in [0.25, 0.3) is 5.57 Å². The quantitative estimate of drug-likeness (QED) is 0.616. The molecule has 4 heteroatoms. The Hall–Kier alpha value is -2.07. The molecule has 22 heavy (non-hydrogen) atoms. The van der Waals surface area contributed by atoms with E-state index in [1.54, 1.807) is 13.1 Å². The summed E-state index contributed by atoms with van der Waals surface area (Å²) in [4.78, 5) is 12.3. The number of hydrogen-bond acceptors (Lipinski definition) is 3. The third kappa shape index (κ3) is 3.98. The Balaban J connectivity index is 2.37. The van der Waals surface area contributed by atoms with Gasteiger partial charge in [0, 0.05) is 21.9 Å². The van der Waals surface area contributed by atoms with Crippen molar-refractivity contribution in [1.29, 1.82) is 0 Å². The lowest BCUT2D eigenvalue weighted by molar-refractivity contribution is -0.136. The molecule has 0 saturated carbocycles. The highest BCUT2D eigenvalue weighted by Gasteiger charge is 2.15. The highest BCUT2D eigenvalue weighted by Crippen LogP contribution is 2.25. The highest BCUT2D eigenvalue weighted by molar-refractivity contribution is 9.10. The number of carbonyl (C=O) groups is 1. The predicted octanol–water partition coefficient (Wildman–Crippen LogP) is 4.77. The molecular weight excluding hydrogens is 342 g/mol. The summed E-state index contributed by atoms with van der Waals surface area (Å²) in [5.41, 5.74) is 3.34. The van der Waals surface area contributed by atoms with Crippen LogP contribution in [0.1, 0.15) is 18.1 Å². The Morgan fingerprint density at radius 1 is 1.18 bits per heavy atom. The van der Waals surface area contributed by atoms with Crippen molar-refractivity contribution in [1.82, 2.24) is 0 Å². The van der Waals surface area contributed by atoms with E-state index in [4.69, 9.17) is 4.74 Å². The van der Waals surface area contributed by atoms with Gasteiger partial charge in [-0.05, 0) is 31.5 Å². The van der Waals surface area contributed by atoms with E-state index >= 15 is 0 Å². The maximum atomic E-state index is 12.3. The molecule has 2 aromatic rings. The van der Waals surface area contributed by atoms with Crippen molar-refractivity contribution in [3.63, 3.8) is 0 Å². The molecule has 0 aliphatic rings. The molecule has 0 aliphatic heterocycles. The van der Waals surface area contributed by atoms with Crippen LogP contribution in [-0.4, -0.2) is 12.6 Å². The fraction of sp³-hybridized carbons (Fsp3) is 0.167. The minimum absolute atomic E-state index is 0.338. The molecule has 114 valence electrons. The van der Waals surface area contributed by atoms with Crippen LogP contribution in [0.5, 0.6) is 0 Å². The third-order valence-corrected chi connectivity index (χ3v) is 3.87. The number of benzene rings is 2. The Morgan fingerprint density at radius 3 is 2.55 bits per heavy atom. The first-order valence-electron chi connectivity index (χ1n) is 7.08. The number of ether oxygens (including phenoxy) is 1. The van der Waals surface area contributed by atoms with E-state index in [1.807, 2.05) is 55.5 Å². The van der Waals surface area contributed by atoms with Crippen molar-refractivity contribution in [2.45, 2.75) is 13.8 Å². The van der Waals surface area contributed by atoms with Crippen LogP contribution in [0, 0.1) is 6.92 Å². The van der Waals surface area contributed by atoms with Crippen molar-refractivity contribution in [3.8, 4) is 0 Å². The van der Waals surface area contributed by atoms with Gasteiger partial charge in [0.05, 0.1) is 12.2 Å². The van der Waals surface area contributed by atoms with Gasteiger partial charge in [-0.1, -0.05) is 52.3 Å². The lowest BCUT2D eigenvalue weighted by Crippen LogP contribution is -2.09. The predicted molar refractivity (Wildman–Crippen MR) is 93.6 cm³/mol. The molecule has 0 atom stereocenters. The number of hydrogen-bond donors (Lipinski definition) is 1. The summed E-state index contributed by atoms with van der Waals surface area (Å²) < 4.78 is 6.01. The molecule has 1 N–H and O–H groups in total. The second-order valence-corrected chi connectivity index (χ2v) is 5.57. The normalized spacial score (nSPS) is 11.1. The molecular formula is C18H18BrNO2. The summed E-state index contributed by atoms with van der Waals surface area (Å²) in [5.74, 6) is -0.351. The summed E-state index contributed by atoms with van der Waals surface area (Å²) in [6, 6.07) is 15.5. The summed E-state index contributed by atoms with van der Waals surface area (Å²) in [7, 11) is 0. The van der Waals surface area contributed by atoms with E-state index in [0.717, 1.165) is 21.3 Å². The lowest BCUT2D eigenvalue weighted by atomic mass is 10.1. The molecule has 0 aromatic heterocycles. The zero-order valence-electron chi connectivity index (χ0n) is 12.6. The Bertz CT molecular complexity index is 695. The van der Waals surface area contributed by atoms with Crippen LogP contribution < -0.4 is 5.32 Å². The van der Waals surface area contributed by atoms with Gasteiger partial charge in [-0.2, -0.15) is 0 Å². The molecule has 0 aliphatic carbocycles. The van der Waals surface area contributed by atoms with Crippen LogP contribution in [0.15, 0.2) is 59.2 Å². The maximum absolute atomic E-state index is 12.3. The first-order chi connectivity index (χ1) is 10.6. The average molecular weight is 360 g/mol. The number of para-hydroxylation sites is 1. The maximum Gasteiger partial charge on any atom is 0.340 e. The van der Waals surface area contributed by atoms with Crippen LogP contribution in [0.4, 0.5) is 5.69 Å². The van der Waals surface area contributed by atoms with Gasteiger partial charge in [0.15, 0.2) is 0 Å². The molecule has 0 saturated heterocycles. The Kier molecular flexibility index (Phi) is 5.78. The molecule has 2 rings (SSSR count). The highest BCUT2D eigenvalue weighted by atomic mass is 79.9. The lowest BCUT2D eigenvalue weighted by Gasteiger charge is -2.11. The van der Waals surface area contributed by atoms with Crippen molar-refractivity contribution in [3.05, 3.63) is 70.3 Å². The number of anilines is 1. The topological polar surface area (TPSA) is 38.3 Å². The van der Waals surface area contributed by atoms with Gasteiger partial charge in [-0.3, -0.25) is 0 Å². The summed E-state index contributed by atoms with van der Waals surface area (Å²) in [5, 5.41) is 3.19. The smallest absolute Gasteiger partial charge is 0.340 e. The molecule has 0 heterocycles. The van der Waals surface area contributed by atoms with Gasteiger partial charge in [-0.25, -0.2) is 4.79 Å². The van der Waals surface area contributed by atoms with E-state index in [2.05, 4.69) is 21.2 Å². The van der Waals surface area contributed by atoms with Gasteiger partial charge >= 0.3 is 5.97 Å². The van der Waals surface area contributed by atoms with Crippen molar-refractivity contribution in [2.75, 3.05) is 11.9 Å². The zero-order chi connectivity index (χ0) is 15.9. The van der Waals surface area contributed by atoms with Gasteiger partial charge in [0.1, 0.15) is 0 Å². The van der Waals surface area contributed by atoms with E-state index in [-0.39, 0.29) is 5.97 Å². The molecule has 0 bridgehead atoms. The summed E-state index contributed by atoms with van der Waals surface area (Å²) >= 11 is 3.48. The fourth-order valence-electron chi connectivity index (χ4n) is 2.02. The molecule has 0 unspecified atom stereocenters. The number of carbonyl (C=O) groups excluding carboxylic acids is 1. The number of esters is 1. The standard InChI is InChI=1S/C18H18BrNO2/c1-3-22-18(21)15(14-9-5-6-10-16(14)19)12-20-17-11-7-4-8-13(17)2/h4-12,20H,3H2,1-2H3/b15-12-. The van der Waals surface area contributed by atoms with Gasteiger partial charge in [0.25, 0.3) is 0 Å². The van der Waals surface area contributed by atoms with Crippen molar-refractivity contribution in [2.24, 2.45) is 0 Å². The van der Waals surface area contributed by atoms with Crippen molar-refractivity contribution >= 4 is 33.2 Å². The number of rotatable bonds is 5. The minimum Gasteiger partial charge on any atom is -0.462 e. The monoisotopic (exact) mass is 359 g/mol. The second kappa shape index (κ2) is 7.80. The second-order valence-electron chi connectivity index (χ2n) is 4.72. The Morgan fingerprint density at radius 2 is 1.86 bits per heavy atom. The van der Waals surface area contributed by atoms with Crippen molar-refractivity contribution < 1.29 is 9.53 Å². The van der Waals surface area contributed by atoms with E-state index in [9.17, 15) is 4.79 Å². The number of nitrogens with one attached hydrogen (secondary N) is 1. The molecule has 0 spiro atoms. The van der Waals surface area contributed by atoms with Crippen LogP contribution >= 0.6 is 15.9 Å². The minimum atomic E-state index is -0.351. The summed E-state index contributed by atoms with van der Waals surface area (Å²) in [6.45, 7) is 4.15. The molecule has 0 fully saturated rings. The van der Waals surface area contributed by atoms with Crippen LogP contribution in [-0.2, 0) is 9.53 Å². The SMILES string of the molecule is CCOC(=O)/C(=C\Nc1ccccc1C)c1ccccc1Br. The third-order valence-electron chi connectivity index (χ3n) is 3.18. The van der Waals surface area contributed by atoms with Crippen LogP contribution in [0.2, 0.25) is 0 Å². The fourth-order valence-corrected chi connectivity index (χ4v) is 2.52. The number of aryl methyl sites for hydroxylation is 1. The van der Waals surface area contributed by atoms with E-state index in [0.29, 0.717) is 12.2 Å². The first kappa shape index (κ1) is 16.3. The van der Waals surface area contributed by atoms with Crippen LogP contribution in [0.3, 0.4) is 0 Å². The summed E-state index contributed by atoms with van der Waals surface area (Å²) in [6.07, 6.45) is 1.69. The molecule has 0 radical (unpaired) electrons. The Labute approximate surface area is 139 Å². The molecule has 3 nitrogen and oxygen atoms in total. The number of halogens is 1. The average Bonchev–Trinajstić information content (AvgIpc) is 2.51. The molecule has 2 aromatic carbocycles. The van der Waals surface area contributed by atoms with E-state index < -0.39 is 0 Å². The van der Waals surface area contributed by atoms with E-state index in [1.165, 1.54) is 0 Å². The zero-order valence-corrected chi connectivity index (χ0v) is 14.2. The first-order valence-corrected chi connectivity index (χ1v) is 7.87. The van der Waals surface area contributed by atoms with Gasteiger partial charge in [0.2, 0.25) is 0 Å². The largest absolute Gasteiger partial charge is 0.462 e. The molecule has 0 amide bonds.